The molecule has 0 N–H and O–H groups in total. The number of imidazole rings is 3. The lowest BCUT2D eigenvalue weighted by molar-refractivity contribution is 0.336. The minimum absolute atomic E-state index is 0.461. The number of hydrogen-bond acceptors (Lipinski definition) is 9. The summed E-state index contributed by atoms with van der Waals surface area (Å²) >= 11 is 0. The van der Waals surface area contributed by atoms with Gasteiger partial charge in [0.25, 0.3) is 0 Å². The molecular weight excluding hydrogens is 594 g/mol. The predicted molar refractivity (Wildman–Crippen MR) is 178 cm³/mol. The van der Waals surface area contributed by atoms with Gasteiger partial charge in [-0.15, -0.1) is 0 Å². The highest BCUT2D eigenvalue weighted by Crippen LogP contribution is 2.52. The topological polar surface area (TPSA) is 90.9 Å². The molecule has 0 aliphatic carbocycles. The number of para-hydroxylation sites is 6. The lowest BCUT2D eigenvalue weighted by atomic mass is 9.86. The van der Waals surface area contributed by atoms with E-state index in [2.05, 4.69) is 39.8 Å². The molecule has 0 atom stereocenters. The van der Waals surface area contributed by atoms with E-state index < -0.39 is 5.41 Å². The summed E-state index contributed by atoms with van der Waals surface area (Å²) < 4.78 is 24.9. The Labute approximate surface area is 271 Å². The normalized spacial score (nSPS) is 14.2. The fourth-order valence-electron chi connectivity index (χ4n) is 6.86. The zero-order chi connectivity index (χ0) is 31.9. The van der Waals surface area contributed by atoms with Gasteiger partial charge in [0.15, 0.2) is 34.7 Å². The van der Waals surface area contributed by atoms with Crippen molar-refractivity contribution in [3.05, 3.63) is 91.8 Å². The van der Waals surface area contributed by atoms with Gasteiger partial charge in [0.2, 0.25) is 17.6 Å². The van der Waals surface area contributed by atoms with Gasteiger partial charge in [-0.3, -0.25) is 0 Å². The van der Waals surface area contributed by atoms with Gasteiger partial charge in [-0.2, -0.15) is 0 Å². The molecule has 0 saturated carbocycles. The predicted octanol–water partition coefficient (Wildman–Crippen LogP) is 7.03. The van der Waals surface area contributed by atoms with Gasteiger partial charge in [0.1, 0.15) is 0 Å². The Hall–Kier alpha value is -5.91. The van der Waals surface area contributed by atoms with Crippen molar-refractivity contribution in [2.24, 2.45) is 26.6 Å². The van der Waals surface area contributed by atoms with Crippen LogP contribution in [0.25, 0.3) is 0 Å². The van der Waals surface area contributed by atoms with Crippen LogP contribution >= 0.6 is 0 Å². The molecule has 3 aromatic carbocycles. The lowest BCUT2D eigenvalue weighted by Gasteiger charge is -2.44. The number of ether oxygens (including phenoxy) is 3. The van der Waals surface area contributed by atoms with E-state index in [0.717, 1.165) is 51.8 Å². The maximum atomic E-state index is 6.36. The minimum Gasteiger partial charge on any atom is -0.435 e. The number of fused-ring (bicyclic) bond motifs is 6. The Morgan fingerprint density at radius 2 is 0.787 bits per heavy atom. The van der Waals surface area contributed by atoms with Gasteiger partial charge in [-0.1, -0.05) is 43.3 Å². The highest BCUT2D eigenvalue weighted by Gasteiger charge is 2.42. The van der Waals surface area contributed by atoms with Crippen molar-refractivity contribution < 1.29 is 14.2 Å². The van der Waals surface area contributed by atoms with E-state index in [9.17, 15) is 0 Å². The van der Waals surface area contributed by atoms with Gasteiger partial charge in [0.05, 0.1) is 36.0 Å². The molecule has 0 bridgehead atoms. The average molecular weight is 628 g/mol. The zero-order valence-corrected chi connectivity index (χ0v) is 26.5. The monoisotopic (exact) mass is 627 g/mol. The van der Waals surface area contributed by atoms with Crippen molar-refractivity contribution in [2.75, 3.05) is 34.3 Å². The Balaban J connectivity index is 1.20. The summed E-state index contributed by atoms with van der Waals surface area (Å²) in [5, 5.41) is 0. The van der Waals surface area contributed by atoms with E-state index in [-0.39, 0.29) is 0 Å². The van der Waals surface area contributed by atoms with Crippen LogP contribution in [0.1, 0.15) is 6.92 Å². The third-order valence-corrected chi connectivity index (χ3v) is 9.07. The van der Waals surface area contributed by atoms with Gasteiger partial charge in [-0.05, 0) is 36.4 Å². The molecule has 12 heteroatoms. The van der Waals surface area contributed by atoms with Crippen molar-refractivity contribution in [3.8, 4) is 34.9 Å². The molecule has 0 radical (unpaired) electrons. The molecule has 0 saturated heterocycles. The highest BCUT2D eigenvalue weighted by atomic mass is 16.5. The zero-order valence-electron chi connectivity index (χ0n) is 26.5. The quantitative estimate of drug-likeness (QED) is 0.193. The van der Waals surface area contributed by atoms with Gasteiger partial charge in [0, 0.05) is 46.2 Å². The van der Waals surface area contributed by atoms with Crippen molar-refractivity contribution in [3.63, 3.8) is 0 Å². The van der Waals surface area contributed by atoms with Crippen LogP contribution in [0, 0.1) is 5.41 Å². The second-order valence-electron chi connectivity index (χ2n) is 12.7. The Bertz CT molecular complexity index is 1920. The molecule has 47 heavy (non-hydrogen) atoms. The van der Waals surface area contributed by atoms with Crippen LogP contribution in [-0.4, -0.2) is 48.3 Å². The summed E-state index contributed by atoms with van der Waals surface area (Å²) in [4.78, 5) is 21.3. The summed E-state index contributed by atoms with van der Waals surface area (Å²) in [6.07, 6.45) is 5.41. The van der Waals surface area contributed by atoms with E-state index in [1.807, 2.05) is 89.4 Å². The second kappa shape index (κ2) is 10.0. The Morgan fingerprint density at radius 1 is 0.489 bits per heavy atom. The van der Waals surface area contributed by atoms with Crippen molar-refractivity contribution in [2.45, 2.75) is 6.92 Å². The number of benzene rings is 3. The number of nitrogens with zero attached hydrogens (tertiary/aromatic N) is 9. The first-order valence-corrected chi connectivity index (χ1v) is 15.5. The van der Waals surface area contributed by atoms with E-state index in [1.54, 1.807) is 19.0 Å². The van der Waals surface area contributed by atoms with Gasteiger partial charge in [-0.25, -0.2) is 15.0 Å². The van der Waals surface area contributed by atoms with Crippen LogP contribution in [0.3, 0.4) is 0 Å². The van der Waals surface area contributed by atoms with Gasteiger partial charge >= 0.3 is 0 Å². The van der Waals surface area contributed by atoms with Crippen LogP contribution in [0.4, 0.5) is 34.5 Å². The molecule has 236 valence electrons. The number of aromatic nitrogens is 6. The van der Waals surface area contributed by atoms with Crippen LogP contribution in [0.5, 0.6) is 34.9 Å². The fraction of sp³-hybridized carbons (Fsp3) is 0.229. The van der Waals surface area contributed by atoms with Crippen molar-refractivity contribution >= 4 is 34.5 Å². The lowest BCUT2D eigenvalue weighted by Crippen LogP contribution is -2.49. The molecule has 6 aromatic rings. The minimum atomic E-state index is -0.461. The average Bonchev–Trinajstić information content (AvgIpc) is 3.77. The molecule has 0 fully saturated rings. The summed E-state index contributed by atoms with van der Waals surface area (Å²) in [6.45, 7) is 4.11. The molecule has 6 heterocycles. The van der Waals surface area contributed by atoms with Crippen LogP contribution in [0.15, 0.2) is 91.8 Å². The van der Waals surface area contributed by atoms with Gasteiger partial charge < -0.3 is 42.6 Å². The molecule has 3 aromatic heterocycles. The molecule has 12 nitrogen and oxygen atoms in total. The standard InChI is InChI=1S/C35H33N9O3/c1-35(17-42-23-11-5-8-14-26(23)45-32-29(42)36-20-39(32)2,18-43-24-12-6-9-15-27(24)46-33-30(43)37-21-40(33)3)19-44-25-13-7-10-16-28(25)47-34-31(44)38-22-41(34)4/h5-16,20-22H,17-19H2,1-4H3. The third-order valence-electron chi connectivity index (χ3n) is 9.07. The number of anilines is 6. The van der Waals surface area contributed by atoms with E-state index in [1.165, 1.54) is 0 Å². The van der Waals surface area contributed by atoms with Crippen molar-refractivity contribution in [1.29, 1.82) is 0 Å². The molecule has 0 amide bonds. The Morgan fingerprint density at radius 3 is 1.11 bits per heavy atom. The van der Waals surface area contributed by atoms with Crippen molar-refractivity contribution in [1.82, 2.24) is 28.7 Å². The van der Waals surface area contributed by atoms with Crippen LogP contribution in [-0.2, 0) is 21.1 Å². The summed E-state index contributed by atoms with van der Waals surface area (Å²) in [6, 6.07) is 24.4. The SMILES string of the molecule is Cn1cnc2c1Oc1ccccc1N2CC(C)(CN1c2ccccc2Oc2c1ncn2C)CN1c2ccccc2Oc2c1ncn2C. The molecule has 3 aliphatic heterocycles. The first kappa shape index (κ1) is 27.4. The van der Waals surface area contributed by atoms with Crippen LogP contribution in [0.2, 0.25) is 0 Å². The Kier molecular flexibility index (Phi) is 5.86. The summed E-state index contributed by atoms with van der Waals surface area (Å²) in [7, 11) is 5.87. The first-order valence-electron chi connectivity index (χ1n) is 15.5. The van der Waals surface area contributed by atoms with E-state index >= 15 is 0 Å². The maximum Gasteiger partial charge on any atom is 0.244 e. The first-order chi connectivity index (χ1) is 22.9. The number of hydrogen-bond donors (Lipinski definition) is 0. The third kappa shape index (κ3) is 4.24. The second-order valence-corrected chi connectivity index (χ2v) is 12.7. The van der Waals surface area contributed by atoms with E-state index in [4.69, 9.17) is 29.2 Å². The smallest absolute Gasteiger partial charge is 0.244 e. The molecule has 3 aliphatic rings. The van der Waals surface area contributed by atoms with E-state index in [0.29, 0.717) is 37.3 Å². The molecular formula is C35H33N9O3. The van der Waals surface area contributed by atoms with Crippen LogP contribution < -0.4 is 28.9 Å². The largest absolute Gasteiger partial charge is 0.435 e. The molecule has 9 rings (SSSR count). The highest BCUT2D eigenvalue weighted by molar-refractivity contribution is 5.78. The maximum absolute atomic E-state index is 6.36. The summed E-state index contributed by atoms with van der Waals surface area (Å²) in [5.41, 5.74) is 2.43. The molecule has 0 spiro atoms. The number of rotatable bonds is 6. The molecule has 0 unspecified atom stereocenters. The summed E-state index contributed by atoms with van der Waals surface area (Å²) in [5.74, 6) is 6.82. The number of aryl methyl sites for hydroxylation is 3. The fourth-order valence-corrected chi connectivity index (χ4v) is 6.86.